The summed E-state index contributed by atoms with van der Waals surface area (Å²) in [4.78, 5) is 26.7. The van der Waals surface area contributed by atoms with Crippen LogP contribution >= 0.6 is 0 Å². The van der Waals surface area contributed by atoms with E-state index >= 15 is 0 Å². The second kappa shape index (κ2) is 9.04. The SMILES string of the molecule is CC[C@@H](N(NC(=O)c1cc(F)c2c(c1)B(O)OC2)C(=O)c1cc(C)cc(C)c1)C(C)(C)C. The first-order valence-corrected chi connectivity index (χ1v) is 10.8. The Balaban J connectivity index is 1.99. The van der Waals surface area contributed by atoms with Crippen LogP contribution < -0.4 is 10.9 Å². The molecule has 0 unspecified atom stereocenters. The largest absolute Gasteiger partial charge is 0.491 e. The van der Waals surface area contributed by atoms with E-state index in [0.717, 1.165) is 17.2 Å². The number of halogens is 1. The van der Waals surface area contributed by atoms with Crippen molar-refractivity contribution in [3.8, 4) is 0 Å². The van der Waals surface area contributed by atoms with E-state index in [2.05, 4.69) is 5.43 Å². The maximum Gasteiger partial charge on any atom is 0.491 e. The van der Waals surface area contributed by atoms with Crippen molar-refractivity contribution in [2.75, 3.05) is 0 Å². The van der Waals surface area contributed by atoms with Gasteiger partial charge in [-0.05, 0) is 55.4 Å². The van der Waals surface area contributed by atoms with Crippen LogP contribution in [-0.4, -0.2) is 35.0 Å². The maximum absolute atomic E-state index is 14.5. The van der Waals surface area contributed by atoms with Crippen molar-refractivity contribution < 1.29 is 23.7 Å². The Morgan fingerprint density at radius 1 is 1.16 bits per heavy atom. The minimum Gasteiger partial charge on any atom is -0.423 e. The summed E-state index contributed by atoms with van der Waals surface area (Å²) in [5.41, 5.74) is 5.21. The molecular weight excluding hydrogens is 410 g/mol. The summed E-state index contributed by atoms with van der Waals surface area (Å²) in [6, 6.07) is 7.74. The molecule has 0 fully saturated rings. The summed E-state index contributed by atoms with van der Waals surface area (Å²) in [6.45, 7) is 11.7. The normalized spacial score (nSPS) is 14.2. The second-order valence-corrected chi connectivity index (χ2v) is 9.47. The highest BCUT2D eigenvalue weighted by molar-refractivity contribution is 6.61. The smallest absolute Gasteiger partial charge is 0.423 e. The molecule has 32 heavy (non-hydrogen) atoms. The van der Waals surface area contributed by atoms with E-state index in [1.807, 2.05) is 47.6 Å². The standard InChI is InChI=1S/C24H30BFN2O4/c1-7-21(24(4,5)6)28(23(30)17-9-14(2)8-15(3)10-17)27-22(29)16-11-19-18(20(26)12-16)13-32-25(19)31/h8-12,21,31H,7,13H2,1-6H3,(H,27,29)/t21-/m1/s1. The van der Waals surface area contributed by atoms with Crippen LogP contribution in [0.4, 0.5) is 4.39 Å². The second-order valence-electron chi connectivity index (χ2n) is 9.47. The summed E-state index contributed by atoms with van der Waals surface area (Å²) in [5.74, 6) is -1.60. The van der Waals surface area contributed by atoms with Gasteiger partial charge >= 0.3 is 7.12 Å². The lowest BCUT2D eigenvalue weighted by Crippen LogP contribution is -2.56. The van der Waals surface area contributed by atoms with Gasteiger partial charge in [-0.25, -0.2) is 9.40 Å². The van der Waals surface area contributed by atoms with E-state index in [4.69, 9.17) is 4.65 Å². The zero-order valence-corrected chi connectivity index (χ0v) is 19.5. The van der Waals surface area contributed by atoms with Crippen molar-refractivity contribution >= 4 is 24.4 Å². The van der Waals surface area contributed by atoms with Gasteiger partial charge in [0.2, 0.25) is 0 Å². The van der Waals surface area contributed by atoms with Gasteiger partial charge in [0.25, 0.3) is 11.8 Å². The van der Waals surface area contributed by atoms with Crippen molar-refractivity contribution in [1.29, 1.82) is 0 Å². The van der Waals surface area contributed by atoms with E-state index in [9.17, 15) is 19.0 Å². The van der Waals surface area contributed by atoms with Crippen LogP contribution in [0.2, 0.25) is 0 Å². The topological polar surface area (TPSA) is 78.9 Å². The quantitative estimate of drug-likeness (QED) is 0.565. The molecule has 0 saturated heterocycles. The zero-order valence-electron chi connectivity index (χ0n) is 19.5. The van der Waals surface area contributed by atoms with Gasteiger partial charge in [0.1, 0.15) is 5.82 Å². The molecule has 0 aliphatic carbocycles. The summed E-state index contributed by atoms with van der Waals surface area (Å²) >= 11 is 0. The molecule has 3 rings (SSSR count). The fourth-order valence-electron chi connectivity index (χ4n) is 4.28. The third kappa shape index (κ3) is 4.86. The molecule has 170 valence electrons. The lowest BCUT2D eigenvalue weighted by molar-refractivity contribution is 0.0284. The van der Waals surface area contributed by atoms with Crippen LogP contribution in [0.15, 0.2) is 30.3 Å². The highest BCUT2D eigenvalue weighted by atomic mass is 19.1. The van der Waals surface area contributed by atoms with Gasteiger partial charge in [0.15, 0.2) is 0 Å². The molecule has 1 aliphatic rings. The first kappa shape index (κ1) is 23.9. The lowest BCUT2D eigenvalue weighted by atomic mass is 9.78. The molecule has 2 amide bonds. The highest BCUT2D eigenvalue weighted by Gasteiger charge is 2.35. The van der Waals surface area contributed by atoms with Gasteiger partial charge in [-0.15, -0.1) is 0 Å². The number of nitrogens with one attached hydrogen (secondary N) is 1. The van der Waals surface area contributed by atoms with Crippen LogP contribution in [0.25, 0.3) is 0 Å². The Bertz CT molecular complexity index is 1030. The molecule has 0 radical (unpaired) electrons. The first-order valence-electron chi connectivity index (χ1n) is 10.8. The number of aryl methyl sites for hydroxylation is 2. The Labute approximate surface area is 188 Å². The molecule has 1 heterocycles. The lowest BCUT2D eigenvalue weighted by Gasteiger charge is -2.39. The molecule has 0 bridgehead atoms. The number of fused-ring (bicyclic) bond motifs is 1. The van der Waals surface area contributed by atoms with Crippen molar-refractivity contribution in [2.45, 2.75) is 60.6 Å². The Morgan fingerprint density at radius 2 is 1.78 bits per heavy atom. The summed E-state index contributed by atoms with van der Waals surface area (Å²) < 4.78 is 19.6. The third-order valence-electron chi connectivity index (χ3n) is 5.75. The van der Waals surface area contributed by atoms with E-state index in [1.54, 1.807) is 12.1 Å². The third-order valence-corrected chi connectivity index (χ3v) is 5.75. The number of nitrogens with zero attached hydrogens (tertiary/aromatic N) is 1. The molecule has 2 aromatic rings. The predicted molar refractivity (Wildman–Crippen MR) is 122 cm³/mol. The van der Waals surface area contributed by atoms with E-state index < -0.39 is 18.8 Å². The van der Waals surface area contributed by atoms with E-state index in [0.29, 0.717) is 12.0 Å². The number of amides is 2. The molecule has 0 saturated carbocycles. The van der Waals surface area contributed by atoms with E-state index in [-0.39, 0.29) is 40.6 Å². The maximum atomic E-state index is 14.5. The minimum atomic E-state index is -1.28. The van der Waals surface area contributed by atoms with Crippen LogP contribution in [0.1, 0.15) is 71.5 Å². The molecule has 1 atom stereocenters. The van der Waals surface area contributed by atoms with Crippen LogP contribution in [0.5, 0.6) is 0 Å². The Morgan fingerprint density at radius 3 is 2.34 bits per heavy atom. The van der Waals surface area contributed by atoms with Gasteiger partial charge in [-0.1, -0.05) is 44.9 Å². The van der Waals surface area contributed by atoms with Crippen molar-refractivity contribution in [3.63, 3.8) is 0 Å². The van der Waals surface area contributed by atoms with Crippen LogP contribution in [0, 0.1) is 25.1 Å². The van der Waals surface area contributed by atoms with Gasteiger partial charge in [0.05, 0.1) is 12.6 Å². The Hall–Kier alpha value is -2.71. The van der Waals surface area contributed by atoms with E-state index in [1.165, 1.54) is 11.1 Å². The number of rotatable bonds is 4. The van der Waals surface area contributed by atoms with Crippen molar-refractivity contribution in [1.82, 2.24) is 10.4 Å². The van der Waals surface area contributed by atoms with Gasteiger partial charge in [-0.3, -0.25) is 15.0 Å². The minimum absolute atomic E-state index is 0.00721. The summed E-state index contributed by atoms with van der Waals surface area (Å²) in [5, 5.41) is 11.3. The number of hydrogen-bond donors (Lipinski definition) is 2. The molecule has 0 aromatic heterocycles. The summed E-state index contributed by atoms with van der Waals surface area (Å²) in [7, 11) is -1.28. The molecular formula is C24H30BFN2O4. The number of benzene rings is 2. The number of hydrazine groups is 1. The number of carbonyl (C=O) groups is 2. The molecule has 2 N–H and O–H groups in total. The Kier molecular flexibility index (Phi) is 6.76. The van der Waals surface area contributed by atoms with Crippen molar-refractivity contribution in [2.24, 2.45) is 5.41 Å². The average Bonchev–Trinajstić information content (AvgIpc) is 3.06. The zero-order chi connectivity index (χ0) is 23.8. The molecule has 0 spiro atoms. The monoisotopic (exact) mass is 440 g/mol. The predicted octanol–water partition coefficient (Wildman–Crippen LogP) is 3.27. The van der Waals surface area contributed by atoms with Crippen LogP contribution in [0.3, 0.4) is 0 Å². The highest BCUT2D eigenvalue weighted by Crippen LogP contribution is 2.28. The molecule has 8 heteroatoms. The molecule has 2 aromatic carbocycles. The number of carbonyl (C=O) groups excluding carboxylic acids is 2. The van der Waals surface area contributed by atoms with Gasteiger partial charge < -0.3 is 9.68 Å². The molecule has 6 nitrogen and oxygen atoms in total. The fourth-order valence-corrected chi connectivity index (χ4v) is 4.28. The van der Waals surface area contributed by atoms with Gasteiger partial charge in [-0.2, -0.15) is 0 Å². The molecule has 1 aliphatic heterocycles. The van der Waals surface area contributed by atoms with Gasteiger partial charge in [0, 0.05) is 16.7 Å². The average molecular weight is 440 g/mol. The summed E-state index contributed by atoms with van der Waals surface area (Å²) in [6.07, 6.45) is 0.603. The van der Waals surface area contributed by atoms with Crippen LogP contribution in [-0.2, 0) is 11.3 Å². The first-order chi connectivity index (χ1) is 14.9. The van der Waals surface area contributed by atoms with Crippen molar-refractivity contribution in [3.05, 3.63) is 64.0 Å². The number of hydrogen-bond acceptors (Lipinski definition) is 4. The fraction of sp³-hybridized carbons (Fsp3) is 0.417.